The van der Waals surface area contributed by atoms with Crippen molar-refractivity contribution in [3.05, 3.63) is 96.1 Å². The van der Waals surface area contributed by atoms with Crippen LogP contribution in [0.5, 0.6) is 0 Å². The van der Waals surface area contributed by atoms with Crippen LogP contribution in [-0.4, -0.2) is 42.9 Å². The minimum Gasteiger partial charge on any atom is -0.380 e. The zero-order valence-electron chi connectivity index (χ0n) is 18.5. The van der Waals surface area contributed by atoms with Gasteiger partial charge in [0.2, 0.25) is 0 Å². The first-order valence-corrected chi connectivity index (χ1v) is 13.3. The second-order valence-electron chi connectivity index (χ2n) is 8.49. The van der Waals surface area contributed by atoms with E-state index in [4.69, 9.17) is 12.2 Å². The van der Waals surface area contributed by atoms with Gasteiger partial charge in [-0.1, -0.05) is 60.7 Å². The highest BCUT2D eigenvalue weighted by Crippen LogP contribution is 2.41. The average molecular weight is 481 g/mol. The summed E-state index contributed by atoms with van der Waals surface area (Å²) in [5, 5.41) is 15.8. The van der Waals surface area contributed by atoms with Gasteiger partial charge in [-0.25, -0.2) is 8.42 Å². The van der Waals surface area contributed by atoms with Crippen LogP contribution < -0.4 is 5.32 Å². The molecule has 4 rings (SSSR count). The summed E-state index contributed by atoms with van der Waals surface area (Å²) in [4.78, 5) is 2.38. The van der Waals surface area contributed by atoms with Crippen LogP contribution in [0, 0.1) is 5.92 Å². The summed E-state index contributed by atoms with van der Waals surface area (Å²) >= 11 is 5.62. The van der Waals surface area contributed by atoms with Crippen molar-refractivity contribution in [2.24, 2.45) is 5.92 Å². The van der Waals surface area contributed by atoms with E-state index in [0.717, 1.165) is 42.7 Å². The lowest BCUT2D eigenvalue weighted by atomic mass is 9.72. The zero-order chi connectivity index (χ0) is 23.5. The van der Waals surface area contributed by atoms with Gasteiger partial charge in [-0.3, -0.25) is 0 Å². The number of thiocarbonyl (C=S) groups is 1. The molecule has 0 spiro atoms. The summed E-state index contributed by atoms with van der Waals surface area (Å²) in [7, 11) is -3.23. The number of sulfone groups is 1. The van der Waals surface area contributed by atoms with Crippen molar-refractivity contribution in [3.63, 3.8) is 0 Å². The maximum absolute atomic E-state index is 12.0. The van der Waals surface area contributed by atoms with Crippen LogP contribution in [0.1, 0.15) is 24.0 Å². The standard InChI is InChI=1S/C26H28N2O3S2/c1-33(30,31)24-14-12-23(13-15-24)27-25(32)28-18-16-22(17-19-28)26(29,20-8-4-2-5-9-20)21-10-6-3-7-11-21/h2-15,22,29H,16-19H2,1H3,(H,27,32). The van der Waals surface area contributed by atoms with E-state index in [-0.39, 0.29) is 10.8 Å². The first-order valence-electron chi connectivity index (χ1n) is 11.0. The van der Waals surface area contributed by atoms with Crippen molar-refractivity contribution in [1.29, 1.82) is 0 Å². The van der Waals surface area contributed by atoms with Crippen LogP contribution in [0.25, 0.3) is 0 Å². The van der Waals surface area contributed by atoms with Crippen LogP contribution in [0.15, 0.2) is 89.8 Å². The molecule has 0 radical (unpaired) electrons. The molecule has 2 N–H and O–H groups in total. The van der Waals surface area contributed by atoms with Crippen molar-refractivity contribution in [2.45, 2.75) is 23.3 Å². The third kappa shape index (κ3) is 5.11. The largest absolute Gasteiger partial charge is 0.380 e. The molecule has 1 aliphatic heterocycles. The van der Waals surface area contributed by atoms with Gasteiger partial charge in [-0.15, -0.1) is 0 Å². The number of piperidine rings is 1. The first kappa shape index (κ1) is 23.4. The third-order valence-electron chi connectivity index (χ3n) is 6.33. The number of nitrogens with one attached hydrogen (secondary N) is 1. The third-order valence-corrected chi connectivity index (χ3v) is 7.82. The molecule has 1 fully saturated rings. The zero-order valence-corrected chi connectivity index (χ0v) is 20.1. The molecule has 0 unspecified atom stereocenters. The Morgan fingerprint density at radius 3 is 1.85 bits per heavy atom. The molecular weight excluding hydrogens is 452 g/mol. The molecular formula is C26H28N2O3S2. The number of hydrogen-bond acceptors (Lipinski definition) is 4. The van der Waals surface area contributed by atoms with Crippen LogP contribution in [0.2, 0.25) is 0 Å². The molecule has 0 saturated carbocycles. The number of aliphatic hydroxyl groups is 1. The molecule has 172 valence electrons. The Bertz CT molecular complexity index is 1150. The SMILES string of the molecule is CS(=O)(=O)c1ccc(NC(=S)N2CCC(C(O)(c3ccccc3)c3ccccc3)CC2)cc1. The van der Waals surface area contributed by atoms with E-state index >= 15 is 0 Å². The number of benzene rings is 3. The van der Waals surface area contributed by atoms with Crippen LogP contribution in [-0.2, 0) is 15.4 Å². The van der Waals surface area contributed by atoms with E-state index in [2.05, 4.69) is 10.2 Å². The van der Waals surface area contributed by atoms with Gasteiger partial charge in [0, 0.05) is 25.0 Å². The molecule has 3 aromatic carbocycles. The van der Waals surface area contributed by atoms with Gasteiger partial charge in [0.1, 0.15) is 5.60 Å². The summed E-state index contributed by atoms with van der Waals surface area (Å²) in [6.45, 7) is 1.44. The maximum atomic E-state index is 12.0. The molecule has 0 atom stereocenters. The molecule has 0 bridgehead atoms. The van der Waals surface area contributed by atoms with Crippen LogP contribution in [0.3, 0.4) is 0 Å². The Labute approximate surface area is 201 Å². The smallest absolute Gasteiger partial charge is 0.175 e. The maximum Gasteiger partial charge on any atom is 0.175 e. The highest BCUT2D eigenvalue weighted by atomic mass is 32.2. The molecule has 0 amide bonds. The number of nitrogens with zero attached hydrogens (tertiary/aromatic N) is 1. The van der Waals surface area contributed by atoms with E-state index in [1.54, 1.807) is 24.3 Å². The van der Waals surface area contributed by atoms with Gasteiger partial charge in [0.25, 0.3) is 0 Å². The minimum absolute atomic E-state index is 0.0513. The summed E-state index contributed by atoms with van der Waals surface area (Å²) < 4.78 is 23.3. The predicted octanol–water partition coefficient (Wildman–Crippen LogP) is 4.44. The Morgan fingerprint density at radius 1 is 0.909 bits per heavy atom. The topological polar surface area (TPSA) is 69.6 Å². The fourth-order valence-electron chi connectivity index (χ4n) is 4.51. The van der Waals surface area contributed by atoms with Gasteiger partial charge < -0.3 is 15.3 Å². The number of hydrogen-bond donors (Lipinski definition) is 2. The van der Waals surface area contributed by atoms with E-state index in [1.165, 1.54) is 6.26 Å². The molecule has 33 heavy (non-hydrogen) atoms. The Hall–Kier alpha value is -2.74. The van der Waals surface area contributed by atoms with Gasteiger partial charge in [0.05, 0.1) is 4.90 Å². The van der Waals surface area contributed by atoms with E-state index in [0.29, 0.717) is 5.11 Å². The molecule has 0 aliphatic carbocycles. The molecule has 0 aromatic heterocycles. The lowest BCUT2D eigenvalue weighted by Crippen LogP contribution is -2.47. The van der Waals surface area contributed by atoms with E-state index in [1.807, 2.05) is 60.7 Å². The lowest BCUT2D eigenvalue weighted by Gasteiger charge is -2.43. The number of anilines is 1. The molecule has 5 nitrogen and oxygen atoms in total. The molecule has 7 heteroatoms. The number of rotatable bonds is 5. The van der Waals surface area contributed by atoms with Gasteiger partial charge in [0.15, 0.2) is 14.9 Å². The van der Waals surface area contributed by atoms with Gasteiger partial charge >= 0.3 is 0 Å². The normalized spacial score (nSPS) is 15.3. The molecule has 3 aromatic rings. The predicted molar refractivity (Wildman–Crippen MR) is 136 cm³/mol. The highest BCUT2D eigenvalue weighted by molar-refractivity contribution is 7.90. The fraction of sp³-hybridized carbons (Fsp3) is 0.269. The second kappa shape index (κ2) is 9.63. The van der Waals surface area contributed by atoms with Crippen LogP contribution in [0.4, 0.5) is 5.69 Å². The Balaban J connectivity index is 1.46. The minimum atomic E-state index is -3.23. The summed E-state index contributed by atoms with van der Waals surface area (Å²) in [5.74, 6) is 0.0513. The summed E-state index contributed by atoms with van der Waals surface area (Å²) in [5.41, 5.74) is 1.49. The average Bonchev–Trinajstić information content (AvgIpc) is 2.84. The fourth-order valence-corrected chi connectivity index (χ4v) is 5.44. The van der Waals surface area contributed by atoms with Gasteiger partial charge in [-0.05, 0) is 66.4 Å². The molecule has 1 heterocycles. The van der Waals surface area contributed by atoms with Crippen molar-refractivity contribution in [3.8, 4) is 0 Å². The van der Waals surface area contributed by atoms with Crippen LogP contribution >= 0.6 is 12.2 Å². The van der Waals surface area contributed by atoms with Crippen molar-refractivity contribution < 1.29 is 13.5 Å². The second-order valence-corrected chi connectivity index (χ2v) is 10.9. The lowest BCUT2D eigenvalue weighted by molar-refractivity contribution is -0.00631. The summed E-state index contributed by atoms with van der Waals surface area (Å²) in [6, 6.07) is 26.3. The molecule has 1 saturated heterocycles. The van der Waals surface area contributed by atoms with Crippen molar-refractivity contribution in [1.82, 2.24) is 4.90 Å². The Morgan fingerprint density at radius 2 is 1.39 bits per heavy atom. The number of likely N-dealkylation sites (tertiary alicyclic amines) is 1. The van der Waals surface area contributed by atoms with Gasteiger partial charge in [-0.2, -0.15) is 0 Å². The van der Waals surface area contributed by atoms with E-state index in [9.17, 15) is 13.5 Å². The molecule has 1 aliphatic rings. The summed E-state index contributed by atoms with van der Waals surface area (Å²) in [6.07, 6.45) is 2.76. The Kier molecular flexibility index (Phi) is 6.83. The van der Waals surface area contributed by atoms with E-state index < -0.39 is 15.4 Å². The highest BCUT2D eigenvalue weighted by Gasteiger charge is 2.41. The monoisotopic (exact) mass is 480 g/mol. The first-order chi connectivity index (χ1) is 15.8. The van der Waals surface area contributed by atoms with Crippen molar-refractivity contribution in [2.75, 3.05) is 24.7 Å². The van der Waals surface area contributed by atoms with Crippen molar-refractivity contribution >= 4 is 32.9 Å². The quantitative estimate of drug-likeness (QED) is 0.527.